The Morgan fingerprint density at radius 3 is 2.13 bits per heavy atom. The number of nitrogens with one attached hydrogen (secondary N) is 2. The molecule has 2 amide bonds. The summed E-state index contributed by atoms with van der Waals surface area (Å²) in [5.74, 6) is -1.12. The number of amides is 2. The van der Waals surface area contributed by atoms with E-state index < -0.39 is 0 Å². The molecule has 0 aromatic heterocycles. The van der Waals surface area contributed by atoms with Gasteiger partial charge in [-0.15, -0.1) is 0 Å². The van der Waals surface area contributed by atoms with Crippen molar-refractivity contribution in [1.82, 2.24) is 10.9 Å². The van der Waals surface area contributed by atoms with E-state index in [1.54, 1.807) is 24.3 Å². The number of esters is 1. The molecule has 124 valence electrons. The van der Waals surface area contributed by atoms with Crippen LogP contribution < -0.4 is 10.9 Å². The second kappa shape index (κ2) is 8.10. The van der Waals surface area contributed by atoms with Crippen LogP contribution in [-0.2, 0) is 14.3 Å². The summed E-state index contributed by atoms with van der Waals surface area (Å²) in [6.07, 6.45) is 2.48. The van der Waals surface area contributed by atoms with Gasteiger partial charge in [-0.25, -0.2) is 0 Å². The first-order chi connectivity index (χ1) is 11.0. The number of carbonyl (C=O) groups is 3. The predicted molar refractivity (Wildman–Crippen MR) is 87.2 cm³/mol. The number of ether oxygens (including phenoxy) is 1. The molecule has 1 fully saturated rings. The number of hydrazine groups is 1. The van der Waals surface area contributed by atoms with Crippen molar-refractivity contribution in [2.45, 2.75) is 25.7 Å². The molecule has 1 aromatic carbocycles. The molecular formula is C16H19BrN2O4. The summed E-state index contributed by atoms with van der Waals surface area (Å²) in [7, 11) is 1.37. The first kappa shape index (κ1) is 17.5. The van der Waals surface area contributed by atoms with Crippen LogP contribution in [0, 0.1) is 11.8 Å². The molecule has 2 N–H and O–H groups in total. The normalized spacial score (nSPS) is 20.4. The third kappa shape index (κ3) is 4.79. The molecule has 0 radical (unpaired) electrons. The van der Waals surface area contributed by atoms with Crippen molar-refractivity contribution in [2.75, 3.05) is 7.11 Å². The number of methoxy groups -OCH3 is 1. The number of carbonyl (C=O) groups excluding carboxylic acids is 3. The topological polar surface area (TPSA) is 84.5 Å². The Bertz CT molecular complexity index is 580. The number of hydrogen-bond acceptors (Lipinski definition) is 4. The van der Waals surface area contributed by atoms with Crippen LogP contribution in [0.5, 0.6) is 0 Å². The highest BCUT2D eigenvalue weighted by Gasteiger charge is 2.30. The van der Waals surface area contributed by atoms with Gasteiger partial charge in [0.05, 0.1) is 13.0 Å². The van der Waals surface area contributed by atoms with Gasteiger partial charge in [0.1, 0.15) is 0 Å². The fourth-order valence-electron chi connectivity index (χ4n) is 2.65. The van der Waals surface area contributed by atoms with E-state index in [0.717, 1.165) is 4.47 Å². The average molecular weight is 383 g/mol. The van der Waals surface area contributed by atoms with Gasteiger partial charge in [-0.2, -0.15) is 0 Å². The molecule has 1 aromatic rings. The van der Waals surface area contributed by atoms with E-state index >= 15 is 0 Å². The molecule has 0 heterocycles. The van der Waals surface area contributed by atoms with E-state index in [0.29, 0.717) is 31.2 Å². The Balaban J connectivity index is 1.78. The van der Waals surface area contributed by atoms with E-state index in [1.807, 2.05) is 0 Å². The summed E-state index contributed by atoms with van der Waals surface area (Å²) in [6, 6.07) is 6.83. The largest absolute Gasteiger partial charge is 0.469 e. The zero-order chi connectivity index (χ0) is 16.8. The SMILES string of the molecule is COC(=O)[C@H]1CC[C@H](C(=O)NNC(=O)c2ccc(Br)cc2)CC1. The lowest BCUT2D eigenvalue weighted by molar-refractivity contribution is -0.147. The molecule has 0 aliphatic heterocycles. The Morgan fingerprint density at radius 2 is 1.57 bits per heavy atom. The smallest absolute Gasteiger partial charge is 0.308 e. The van der Waals surface area contributed by atoms with Crippen molar-refractivity contribution < 1.29 is 19.1 Å². The fraction of sp³-hybridized carbons (Fsp3) is 0.438. The van der Waals surface area contributed by atoms with Crippen molar-refractivity contribution >= 4 is 33.7 Å². The molecule has 0 atom stereocenters. The van der Waals surface area contributed by atoms with Gasteiger partial charge in [-0.05, 0) is 49.9 Å². The Morgan fingerprint density at radius 1 is 1.00 bits per heavy atom. The molecule has 23 heavy (non-hydrogen) atoms. The third-order valence-corrected chi connectivity index (χ3v) is 4.57. The van der Waals surface area contributed by atoms with Crippen LogP contribution in [0.1, 0.15) is 36.0 Å². The van der Waals surface area contributed by atoms with Crippen molar-refractivity contribution in [2.24, 2.45) is 11.8 Å². The molecule has 0 bridgehead atoms. The highest BCUT2D eigenvalue weighted by molar-refractivity contribution is 9.10. The average Bonchev–Trinajstić information content (AvgIpc) is 2.59. The first-order valence-corrected chi connectivity index (χ1v) is 8.24. The molecule has 0 saturated heterocycles. The van der Waals surface area contributed by atoms with Crippen molar-refractivity contribution in [3.8, 4) is 0 Å². The van der Waals surface area contributed by atoms with Crippen molar-refractivity contribution in [3.05, 3.63) is 34.3 Å². The maximum absolute atomic E-state index is 12.1. The lowest BCUT2D eigenvalue weighted by Crippen LogP contribution is -2.45. The molecule has 1 aliphatic rings. The van der Waals surface area contributed by atoms with E-state index in [-0.39, 0.29) is 29.6 Å². The molecule has 1 aliphatic carbocycles. The maximum atomic E-state index is 12.1. The highest BCUT2D eigenvalue weighted by atomic mass is 79.9. The third-order valence-electron chi connectivity index (χ3n) is 4.04. The van der Waals surface area contributed by atoms with Gasteiger partial charge >= 0.3 is 5.97 Å². The standard InChI is InChI=1S/C16H19BrN2O4/c1-23-16(22)12-4-2-10(3-5-12)14(20)18-19-15(21)11-6-8-13(17)9-7-11/h6-10,12H,2-5H2,1H3,(H,18,20)(H,19,21)/t10-,12-. The van der Waals surface area contributed by atoms with Gasteiger partial charge in [-0.3, -0.25) is 25.2 Å². The highest BCUT2D eigenvalue weighted by Crippen LogP contribution is 2.29. The molecule has 0 unspecified atom stereocenters. The van der Waals surface area contributed by atoms with Gasteiger partial charge in [0.25, 0.3) is 5.91 Å². The van der Waals surface area contributed by atoms with Crippen molar-refractivity contribution in [3.63, 3.8) is 0 Å². The van der Waals surface area contributed by atoms with E-state index in [1.165, 1.54) is 7.11 Å². The van der Waals surface area contributed by atoms with Crippen LogP contribution in [0.15, 0.2) is 28.7 Å². The first-order valence-electron chi connectivity index (χ1n) is 7.45. The van der Waals surface area contributed by atoms with Crippen LogP contribution >= 0.6 is 15.9 Å². The van der Waals surface area contributed by atoms with Crippen LogP contribution in [0.3, 0.4) is 0 Å². The fourth-order valence-corrected chi connectivity index (χ4v) is 2.92. The minimum atomic E-state index is -0.367. The van der Waals surface area contributed by atoms with Gasteiger partial charge < -0.3 is 4.74 Å². The van der Waals surface area contributed by atoms with Gasteiger partial charge in [0.2, 0.25) is 5.91 Å². The molecule has 2 rings (SSSR count). The lowest BCUT2D eigenvalue weighted by Gasteiger charge is -2.26. The minimum absolute atomic E-state index is 0.124. The second-order valence-electron chi connectivity index (χ2n) is 5.52. The summed E-state index contributed by atoms with van der Waals surface area (Å²) in [5, 5.41) is 0. The van der Waals surface area contributed by atoms with Gasteiger partial charge in [0.15, 0.2) is 0 Å². The number of halogens is 1. The van der Waals surface area contributed by atoms with Crippen LogP contribution in [0.4, 0.5) is 0 Å². The zero-order valence-electron chi connectivity index (χ0n) is 12.8. The monoisotopic (exact) mass is 382 g/mol. The summed E-state index contributed by atoms with van der Waals surface area (Å²) in [4.78, 5) is 35.5. The number of hydrogen-bond donors (Lipinski definition) is 2. The summed E-state index contributed by atoms with van der Waals surface area (Å²) >= 11 is 3.29. The van der Waals surface area contributed by atoms with Crippen LogP contribution in [-0.4, -0.2) is 24.9 Å². The van der Waals surface area contributed by atoms with Crippen LogP contribution in [0.2, 0.25) is 0 Å². The molecule has 7 heteroatoms. The van der Waals surface area contributed by atoms with Gasteiger partial charge in [-0.1, -0.05) is 15.9 Å². The van der Waals surface area contributed by atoms with E-state index in [9.17, 15) is 14.4 Å². The van der Waals surface area contributed by atoms with Crippen molar-refractivity contribution in [1.29, 1.82) is 0 Å². The summed E-state index contributed by atoms with van der Waals surface area (Å²) in [5.41, 5.74) is 5.33. The Hall–Kier alpha value is -1.89. The second-order valence-corrected chi connectivity index (χ2v) is 6.44. The molecule has 6 nitrogen and oxygen atoms in total. The quantitative estimate of drug-likeness (QED) is 0.619. The molecule has 1 saturated carbocycles. The van der Waals surface area contributed by atoms with Gasteiger partial charge in [0, 0.05) is 16.0 Å². The zero-order valence-corrected chi connectivity index (χ0v) is 14.4. The number of benzene rings is 1. The van der Waals surface area contributed by atoms with Crippen LogP contribution in [0.25, 0.3) is 0 Å². The summed E-state index contributed by atoms with van der Waals surface area (Å²) < 4.78 is 5.60. The number of rotatable bonds is 3. The van der Waals surface area contributed by atoms with E-state index in [4.69, 9.17) is 4.74 Å². The molecule has 0 spiro atoms. The predicted octanol–water partition coefficient (Wildman–Crippen LogP) is 2.19. The minimum Gasteiger partial charge on any atom is -0.469 e. The van der Waals surface area contributed by atoms with E-state index in [2.05, 4.69) is 26.8 Å². The Labute approximate surface area is 143 Å². The lowest BCUT2D eigenvalue weighted by atomic mass is 9.82. The summed E-state index contributed by atoms with van der Waals surface area (Å²) in [6.45, 7) is 0. The Kier molecular flexibility index (Phi) is 6.15. The molecular weight excluding hydrogens is 364 g/mol. The maximum Gasteiger partial charge on any atom is 0.308 e.